The lowest BCUT2D eigenvalue weighted by Gasteiger charge is -2.14. The molecule has 2 aromatic rings. The molecule has 1 aromatic carbocycles. The number of aromatic hydroxyl groups is 1. The van der Waals surface area contributed by atoms with Crippen molar-refractivity contribution in [3.05, 3.63) is 47.8 Å². The zero-order valence-corrected chi connectivity index (χ0v) is 13.1. The fourth-order valence-corrected chi connectivity index (χ4v) is 2.31. The zero-order valence-electron chi connectivity index (χ0n) is 13.1. The number of nitrogen functional groups attached to an aromatic ring is 1. The number of amides is 1. The van der Waals surface area contributed by atoms with Gasteiger partial charge in [-0.1, -0.05) is 30.3 Å². The van der Waals surface area contributed by atoms with E-state index in [2.05, 4.69) is 10.3 Å². The largest absolute Gasteiger partial charge is 0.480 e. The molecule has 8 nitrogen and oxygen atoms in total. The van der Waals surface area contributed by atoms with Crippen molar-refractivity contribution in [3.8, 4) is 6.01 Å². The summed E-state index contributed by atoms with van der Waals surface area (Å²) in [5.41, 5.74) is 1.44. The quantitative estimate of drug-likeness (QED) is 0.519. The second-order valence-electron chi connectivity index (χ2n) is 5.42. The van der Waals surface area contributed by atoms with E-state index < -0.39 is 18.0 Å². The van der Waals surface area contributed by atoms with Gasteiger partial charge < -0.3 is 21.4 Å². The second kappa shape index (κ2) is 8.00. The summed E-state index contributed by atoms with van der Waals surface area (Å²) in [6.45, 7) is 0. The number of carbonyl (C=O) groups is 2. The van der Waals surface area contributed by atoms with Crippen LogP contribution in [0.4, 0.5) is 0 Å². The number of benzene rings is 1. The van der Waals surface area contributed by atoms with Crippen molar-refractivity contribution >= 4 is 11.9 Å². The Morgan fingerprint density at radius 1 is 1.29 bits per heavy atom. The number of nitrogens with zero attached hydrogens (tertiary/aromatic N) is 2. The number of nitrogens with two attached hydrogens (primary N) is 1. The number of hydrogen-bond acceptors (Lipinski definition) is 5. The molecule has 1 amide bonds. The van der Waals surface area contributed by atoms with Gasteiger partial charge in [0, 0.05) is 12.8 Å². The highest BCUT2D eigenvalue weighted by molar-refractivity contribution is 5.83. The highest BCUT2D eigenvalue weighted by Crippen LogP contribution is 2.10. The van der Waals surface area contributed by atoms with Gasteiger partial charge in [-0.3, -0.25) is 4.79 Å². The lowest BCUT2D eigenvalue weighted by Crippen LogP contribution is -2.42. The van der Waals surface area contributed by atoms with Gasteiger partial charge in [0.25, 0.3) is 0 Å². The Bertz CT molecular complexity index is 699. The molecular weight excluding hydrogens is 312 g/mol. The fraction of sp³-hybridized carbons (Fsp3) is 0.312. The van der Waals surface area contributed by atoms with E-state index >= 15 is 0 Å². The van der Waals surface area contributed by atoms with Crippen LogP contribution in [0, 0.1) is 0 Å². The van der Waals surface area contributed by atoms with Gasteiger partial charge in [0.15, 0.2) is 0 Å². The molecule has 1 heterocycles. The van der Waals surface area contributed by atoms with E-state index in [9.17, 15) is 19.8 Å². The summed E-state index contributed by atoms with van der Waals surface area (Å²) in [4.78, 5) is 26.8. The summed E-state index contributed by atoms with van der Waals surface area (Å²) in [6, 6.07) is 8.20. The Hall–Kier alpha value is -3.03. The summed E-state index contributed by atoms with van der Waals surface area (Å²) in [5.74, 6) is 4.01. The average molecular weight is 332 g/mol. The molecule has 0 bridgehead atoms. The van der Waals surface area contributed by atoms with Crippen molar-refractivity contribution in [2.24, 2.45) is 0 Å². The maximum absolute atomic E-state index is 12.0. The molecule has 8 heteroatoms. The lowest BCUT2D eigenvalue weighted by molar-refractivity contribution is -0.141. The third-order valence-electron chi connectivity index (χ3n) is 3.61. The monoisotopic (exact) mass is 332 g/mol. The van der Waals surface area contributed by atoms with Gasteiger partial charge in [-0.25, -0.2) is 14.5 Å². The molecule has 0 unspecified atom stereocenters. The van der Waals surface area contributed by atoms with Crippen molar-refractivity contribution in [2.45, 2.75) is 31.7 Å². The minimum Gasteiger partial charge on any atom is -0.480 e. The SMILES string of the molecule is Nn1c(C[C@@H](NC(=O)CCCc2ccccc2)C(=O)O)cnc1O. The molecule has 5 N–H and O–H groups in total. The second-order valence-corrected chi connectivity index (χ2v) is 5.42. The molecule has 0 aliphatic rings. The van der Waals surface area contributed by atoms with E-state index in [1.807, 2.05) is 30.3 Å². The summed E-state index contributed by atoms with van der Waals surface area (Å²) >= 11 is 0. The van der Waals surface area contributed by atoms with Crippen molar-refractivity contribution in [1.29, 1.82) is 0 Å². The van der Waals surface area contributed by atoms with Crippen LogP contribution in [-0.4, -0.2) is 37.8 Å². The number of nitrogens with one attached hydrogen (secondary N) is 1. The van der Waals surface area contributed by atoms with Gasteiger partial charge in [0.2, 0.25) is 5.91 Å². The Balaban J connectivity index is 1.84. The summed E-state index contributed by atoms with van der Waals surface area (Å²) in [7, 11) is 0. The number of hydrogen-bond donors (Lipinski definition) is 4. The van der Waals surface area contributed by atoms with Gasteiger partial charge in [0.05, 0.1) is 11.9 Å². The molecule has 1 atom stereocenters. The predicted molar refractivity (Wildman–Crippen MR) is 86.7 cm³/mol. The first-order chi connectivity index (χ1) is 11.5. The van der Waals surface area contributed by atoms with Crippen molar-refractivity contribution < 1.29 is 19.8 Å². The molecule has 24 heavy (non-hydrogen) atoms. The first kappa shape index (κ1) is 17.3. The van der Waals surface area contributed by atoms with Gasteiger partial charge in [-0.2, -0.15) is 0 Å². The Labute approximate surface area is 138 Å². The third kappa shape index (κ3) is 4.73. The van der Waals surface area contributed by atoms with Gasteiger partial charge >= 0.3 is 12.0 Å². The average Bonchev–Trinajstić information content (AvgIpc) is 2.87. The molecule has 0 radical (unpaired) electrons. The summed E-state index contributed by atoms with van der Waals surface area (Å²) in [6.07, 6.45) is 2.80. The molecule has 1 aromatic heterocycles. The van der Waals surface area contributed by atoms with E-state index in [0.717, 1.165) is 16.7 Å². The summed E-state index contributed by atoms with van der Waals surface area (Å²) in [5, 5.41) is 21.0. The van der Waals surface area contributed by atoms with E-state index in [0.29, 0.717) is 12.1 Å². The van der Waals surface area contributed by atoms with Gasteiger partial charge in [-0.05, 0) is 18.4 Å². The topological polar surface area (TPSA) is 130 Å². The van der Waals surface area contributed by atoms with Crippen LogP contribution in [-0.2, 0) is 22.4 Å². The molecule has 0 fully saturated rings. The molecule has 0 spiro atoms. The molecular formula is C16H20N4O4. The molecule has 0 saturated heterocycles. The highest BCUT2D eigenvalue weighted by atomic mass is 16.4. The summed E-state index contributed by atoms with van der Waals surface area (Å²) < 4.78 is 0.886. The predicted octanol–water partition coefficient (Wildman–Crippen LogP) is 0.437. The molecule has 0 saturated carbocycles. The Morgan fingerprint density at radius 3 is 2.58 bits per heavy atom. The molecule has 2 rings (SSSR count). The standard InChI is InChI=1S/C16H20N4O4/c17-20-12(10-18-16(20)24)9-13(15(22)23)19-14(21)8-4-7-11-5-2-1-3-6-11/h1-3,5-6,10,13H,4,7-9,17H2,(H,18,24)(H,19,21)(H,22,23)/t13-/m1/s1. The lowest BCUT2D eigenvalue weighted by atomic mass is 10.1. The van der Waals surface area contributed by atoms with Gasteiger partial charge in [0.1, 0.15) is 6.04 Å². The number of carbonyl (C=O) groups excluding carboxylic acids is 1. The maximum Gasteiger partial charge on any atom is 0.326 e. The Morgan fingerprint density at radius 2 is 2.00 bits per heavy atom. The molecule has 0 aliphatic carbocycles. The third-order valence-corrected chi connectivity index (χ3v) is 3.61. The van der Waals surface area contributed by atoms with Crippen LogP contribution in [0.3, 0.4) is 0 Å². The minimum atomic E-state index is -1.17. The smallest absolute Gasteiger partial charge is 0.326 e. The van der Waals surface area contributed by atoms with E-state index in [1.165, 1.54) is 6.20 Å². The maximum atomic E-state index is 12.0. The normalized spacial score (nSPS) is 11.8. The first-order valence-electron chi connectivity index (χ1n) is 7.54. The van der Waals surface area contributed by atoms with Crippen LogP contribution in [0.2, 0.25) is 0 Å². The molecule has 0 aliphatic heterocycles. The van der Waals surface area contributed by atoms with Crippen molar-refractivity contribution in [3.63, 3.8) is 0 Å². The Kier molecular flexibility index (Phi) is 5.78. The van der Waals surface area contributed by atoms with Gasteiger partial charge in [-0.15, -0.1) is 0 Å². The van der Waals surface area contributed by atoms with Crippen molar-refractivity contribution in [1.82, 2.24) is 15.0 Å². The number of imidazole rings is 1. The number of carboxylic acids is 1. The number of rotatable bonds is 8. The van der Waals surface area contributed by atoms with E-state index in [1.54, 1.807) is 0 Å². The van der Waals surface area contributed by atoms with E-state index in [-0.39, 0.29) is 18.7 Å². The first-order valence-corrected chi connectivity index (χ1v) is 7.54. The zero-order chi connectivity index (χ0) is 17.5. The van der Waals surface area contributed by atoms with Crippen LogP contribution in [0.25, 0.3) is 0 Å². The van der Waals surface area contributed by atoms with Crippen molar-refractivity contribution in [2.75, 3.05) is 5.84 Å². The fourth-order valence-electron chi connectivity index (χ4n) is 2.31. The van der Waals surface area contributed by atoms with E-state index in [4.69, 9.17) is 5.84 Å². The van der Waals surface area contributed by atoms with Crippen LogP contribution >= 0.6 is 0 Å². The number of aromatic nitrogens is 2. The van der Waals surface area contributed by atoms with Crippen LogP contribution in [0.15, 0.2) is 36.5 Å². The van der Waals surface area contributed by atoms with Crippen LogP contribution < -0.4 is 11.2 Å². The molecule has 128 valence electrons. The number of aliphatic carboxylic acids is 1. The number of aryl methyl sites for hydroxylation is 1. The van der Waals surface area contributed by atoms with Crippen LogP contribution in [0.5, 0.6) is 6.01 Å². The highest BCUT2D eigenvalue weighted by Gasteiger charge is 2.22. The minimum absolute atomic E-state index is 0.0657. The number of carboxylic acid groups (broad SMARTS) is 1. The van der Waals surface area contributed by atoms with Crippen LogP contribution in [0.1, 0.15) is 24.1 Å².